The monoisotopic (exact) mass is 389 g/mol. The maximum Gasteiger partial charge on any atom is 0.246 e. The van der Waals surface area contributed by atoms with E-state index in [0.29, 0.717) is 11.3 Å². The van der Waals surface area contributed by atoms with Crippen LogP contribution in [0.3, 0.4) is 0 Å². The second-order valence-corrected chi connectivity index (χ2v) is 8.09. The molecule has 1 aromatic heterocycles. The number of nitrogens with one attached hydrogen (secondary N) is 1. The molecule has 0 saturated heterocycles. The van der Waals surface area contributed by atoms with Crippen LogP contribution in [0.25, 0.3) is 11.0 Å². The third-order valence-corrected chi connectivity index (χ3v) is 5.75. The minimum Gasteiger partial charge on any atom is -0.495 e. The van der Waals surface area contributed by atoms with Crippen LogP contribution < -0.4 is 10.1 Å². The summed E-state index contributed by atoms with van der Waals surface area (Å²) in [6, 6.07) is 11.6. The molecule has 2 aromatic carbocycles. The predicted molar refractivity (Wildman–Crippen MR) is 100 cm³/mol. The van der Waals surface area contributed by atoms with Crippen molar-refractivity contribution in [2.75, 3.05) is 26.5 Å². The number of aromatic nitrogens is 3. The van der Waals surface area contributed by atoms with Gasteiger partial charge in [0.1, 0.15) is 17.8 Å². The lowest BCUT2D eigenvalue weighted by Crippen LogP contribution is -2.23. The molecule has 0 radical (unpaired) electrons. The highest BCUT2D eigenvalue weighted by molar-refractivity contribution is 7.89. The fourth-order valence-corrected chi connectivity index (χ4v) is 3.44. The van der Waals surface area contributed by atoms with E-state index in [1.807, 2.05) is 18.2 Å². The van der Waals surface area contributed by atoms with Gasteiger partial charge in [0.15, 0.2) is 0 Å². The van der Waals surface area contributed by atoms with E-state index in [1.54, 1.807) is 6.07 Å². The summed E-state index contributed by atoms with van der Waals surface area (Å²) in [5.74, 6) is -0.0344. The second-order valence-electron chi connectivity index (χ2n) is 5.93. The smallest absolute Gasteiger partial charge is 0.246 e. The lowest BCUT2D eigenvalue weighted by Gasteiger charge is -2.15. The summed E-state index contributed by atoms with van der Waals surface area (Å²) in [4.78, 5) is 12.5. The van der Waals surface area contributed by atoms with Gasteiger partial charge in [-0.1, -0.05) is 17.3 Å². The van der Waals surface area contributed by atoms with Crippen LogP contribution in [0, 0.1) is 0 Å². The Labute approximate surface area is 156 Å². The predicted octanol–water partition coefficient (Wildman–Crippen LogP) is 1.33. The number of anilines is 1. The van der Waals surface area contributed by atoms with Gasteiger partial charge in [0.25, 0.3) is 0 Å². The van der Waals surface area contributed by atoms with E-state index in [4.69, 9.17) is 4.74 Å². The standard InChI is InChI=1S/C17H19N5O4S/c1-21(2)27(24,25)12-8-9-16(26-3)14(10-12)18-17(23)11-22-15-7-5-4-6-13(15)19-20-22/h4-10H,11H2,1-3H3,(H,18,23). The lowest BCUT2D eigenvalue weighted by atomic mass is 10.3. The first kappa shape index (κ1) is 18.8. The van der Waals surface area contributed by atoms with Crippen molar-refractivity contribution in [2.45, 2.75) is 11.4 Å². The van der Waals surface area contributed by atoms with Crippen molar-refractivity contribution in [2.24, 2.45) is 0 Å². The Morgan fingerprint density at radius 2 is 1.96 bits per heavy atom. The average molecular weight is 389 g/mol. The third-order valence-electron chi connectivity index (χ3n) is 3.94. The van der Waals surface area contributed by atoms with E-state index in [0.717, 1.165) is 9.82 Å². The summed E-state index contributed by atoms with van der Waals surface area (Å²) in [6.45, 7) is -0.0751. The summed E-state index contributed by atoms with van der Waals surface area (Å²) in [6.07, 6.45) is 0. The molecule has 0 bridgehead atoms. The van der Waals surface area contributed by atoms with Crippen LogP contribution in [0.15, 0.2) is 47.4 Å². The van der Waals surface area contributed by atoms with Crippen molar-refractivity contribution < 1.29 is 17.9 Å². The maximum absolute atomic E-state index is 12.5. The molecule has 10 heteroatoms. The number of para-hydroxylation sites is 1. The number of ether oxygens (including phenoxy) is 1. The van der Waals surface area contributed by atoms with Gasteiger partial charge < -0.3 is 10.1 Å². The van der Waals surface area contributed by atoms with Gasteiger partial charge in [0.2, 0.25) is 15.9 Å². The van der Waals surface area contributed by atoms with Crippen LogP contribution in [-0.4, -0.2) is 54.8 Å². The molecule has 3 aromatic rings. The van der Waals surface area contributed by atoms with Crippen molar-refractivity contribution in [3.05, 3.63) is 42.5 Å². The van der Waals surface area contributed by atoms with E-state index in [2.05, 4.69) is 15.6 Å². The Balaban J connectivity index is 1.86. The second kappa shape index (κ2) is 7.33. The van der Waals surface area contributed by atoms with Gasteiger partial charge in [-0.15, -0.1) is 5.10 Å². The Bertz CT molecular complexity index is 1090. The number of amides is 1. The first-order valence-corrected chi connectivity index (χ1v) is 9.45. The zero-order valence-corrected chi connectivity index (χ0v) is 15.9. The number of fused-ring (bicyclic) bond motifs is 1. The van der Waals surface area contributed by atoms with Crippen LogP contribution in [0.4, 0.5) is 5.69 Å². The number of carbonyl (C=O) groups excluding carboxylic acids is 1. The molecule has 0 spiro atoms. The summed E-state index contributed by atoms with van der Waals surface area (Å²) in [5.41, 5.74) is 1.67. The van der Waals surface area contributed by atoms with Gasteiger partial charge in [-0.05, 0) is 30.3 Å². The number of methoxy groups -OCH3 is 1. The van der Waals surface area contributed by atoms with Crippen molar-refractivity contribution in [1.29, 1.82) is 0 Å². The largest absolute Gasteiger partial charge is 0.495 e. The van der Waals surface area contributed by atoms with Gasteiger partial charge in [-0.25, -0.2) is 17.4 Å². The molecule has 0 atom stereocenters. The van der Waals surface area contributed by atoms with Crippen LogP contribution in [-0.2, 0) is 21.4 Å². The third kappa shape index (κ3) is 3.76. The van der Waals surface area contributed by atoms with Gasteiger partial charge in [-0.2, -0.15) is 0 Å². The molecule has 3 rings (SSSR count). The van der Waals surface area contributed by atoms with E-state index in [1.165, 1.54) is 44.1 Å². The SMILES string of the molecule is COc1ccc(S(=O)(=O)N(C)C)cc1NC(=O)Cn1nnc2ccccc21. The minimum atomic E-state index is -3.64. The number of rotatable bonds is 6. The lowest BCUT2D eigenvalue weighted by molar-refractivity contribution is -0.116. The number of nitrogens with zero attached hydrogens (tertiary/aromatic N) is 4. The first-order valence-electron chi connectivity index (χ1n) is 8.01. The molecule has 9 nitrogen and oxygen atoms in total. The normalized spacial score (nSPS) is 11.7. The topological polar surface area (TPSA) is 106 Å². The molecule has 1 heterocycles. The molecule has 1 N–H and O–H groups in total. The zero-order chi connectivity index (χ0) is 19.6. The molecule has 1 amide bonds. The molecular formula is C17H19N5O4S. The van der Waals surface area contributed by atoms with Crippen LogP contribution in [0.2, 0.25) is 0 Å². The Morgan fingerprint density at radius 3 is 2.67 bits per heavy atom. The van der Waals surface area contributed by atoms with Crippen molar-refractivity contribution in [3.8, 4) is 5.75 Å². The van der Waals surface area contributed by atoms with Crippen molar-refractivity contribution >= 4 is 32.7 Å². The van der Waals surface area contributed by atoms with Crippen LogP contribution in [0.1, 0.15) is 0 Å². The molecule has 0 fully saturated rings. The van der Waals surface area contributed by atoms with Crippen molar-refractivity contribution in [1.82, 2.24) is 19.3 Å². The van der Waals surface area contributed by atoms with Gasteiger partial charge in [0.05, 0.1) is 23.2 Å². The Morgan fingerprint density at radius 1 is 1.22 bits per heavy atom. The molecular weight excluding hydrogens is 370 g/mol. The van der Waals surface area contributed by atoms with Crippen LogP contribution in [0.5, 0.6) is 5.75 Å². The van der Waals surface area contributed by atoms with E-state index < -0.39 is 10.0 Å². The summed E-state index contributed by atoms with van der Waals surface area (Å²) in [7, 11) is 0.677. The Kier molecular flexibility index (Phi) is 5.10. The number of hydrogen-bond donors (Lipinski definition) is 1. The average Bonchev–Trinajstić information content (AvgIpc) is 3.04. The number of carbonyl (C=O) groups is 1. The fraction of sp³-hybridized carbons (Fsp3) is 0.235. The summed E-state index contributed by atoms with van der Waals surface area (Å²) in [5, 5.41) is 10.7. The van der Waals surface area contributed by atoms with E-state index in [9.17, 15) is 13.2 Å². The molecule has 142 valence electrons. The molecule has 0 aliphatic heterocycles. The molecule has 0 unspecified atom stereocenters. The highest BCUT2D eigenvalue weighted by Crippen LogP contribution is 2.28. The van der Waals surface area contributed by atoms with E-state index >= 15 is 0 Å². The molecule has 0 saturated carbocycles. The van der Waals surface area contributed by atoms with Crippen LogP contribution >= 0.6 is 0 Å². The quantitative estimate of drug-likeness (QED) is 0.682. The highest BCUT2D eigenvalue weighted by Gasteiger charge is 2.20. The maximum atomic E-state index is 12.5. The molecule has 27 heavy (non-hydrogen) atoms. The summed E-state index contributed by atoms with van der Waals surface area (Å²) < 4.78 is 32.4. The highest BCUT2D eigenvalue weighted by atomic mass is 32.2. The fourth-order valence-electron chi connectivity index (χ4n) is 2.52. The minimum absolute atomic E-state index is 0.0507. The number of hydrogen-bond acceptors (Lipinski definition) is 6. The zero-order valence-electron chi connectivity index (χ0n) is 15.1. The van der Waals surface area contributed by atoms with E-state index in [-0.39, 0.29) is 23.0 Å². The summed E-state index contributed by atoms with van der Waals surface area (Å²) >= 11 is 0. The van der Waals surface area contributed by atoms with Crippen molar-refractivity contribution in [3.63, 3.8) is 0 Å². The first-order chi connectivity index (χ1) is 12.8. The molecule has 0 aliphatic carbocycles. The number of sulfonamides is 1. The van der Waals surface area contributed by atoms with Gasteiger partial charge in [-0.3, -0.25) is 4.79 Å². The van der Waals surface area contributed by atoms with Gasteiger partial charge in [0, 0.05) is 14.1 Å². The van der Waals surface area contributed by atoms with Gasteiger partial charge >= 0.3 is 0 Å². The number of benzene rings is 2. The Hall–Kier alpha value is -2.98. The molecule has 0 aliphatic rings.